The minimum absolute atomic E-state index is 0.231. The smallest absolute Gasteiger partial charge is 0.255 e. The van der Waals surface area contributed by atoms with E-state index in [4.69, 9.17) is 14.6 Å². The number of nitrogens with one attached hydrogen (secondary N) is 1. The summed E-state index contributed by atoms with van der Waals surface area (Å²) >= 11 is 0. The van der Waals surface area contributed by atoms with Crippen molar-refractivity contribution in [2.75, 3.05) is 30.4 Å². The van der Waals surface area contributed by atoms with E-state index in [1.807, 2.05) is 18.2 Å². The first kappa shape index (κ1) is 27.0. The number of hydrogen-bond acceptors (Lipinski definition) is 7. The van der Waals surface area contributed by atoms with Crippen LogP contribution in [-0.4, -0.2) is 39.7 Å². The molecule has 1 amide bonds. The van der Waals surface area contributed by atoms with Crippen LogP contribution in [0.3, 0.4) is 0 Å². The molecule has 6 rings (SSSR count). The van der Waals surface area contributed by atoms with Crippen molar-refractivity contribution >= 4 is 49.4 Å². The fourth-order valence-corrected chi connectivity index (χ4v) is 5.35. The number of oxazole rings is 1. The highest BCUT2D eigenvalue weighted by molar-refractivity contribution is 7.92. The fourth-order valence-electron chi connectivity index (χ4n) is 4.84. The van der Waals surface area contributed by atoms with Gasteiger partial charge in [0.2, 0.25) is 15.9 Å². The van der Waals surface area contributed by atoms with Gasteiger partial charge in [0.15, 0.2) is 5.58 Å². The number of furan rings is 1. The van der Waals surface area contributed by atoms with Gasteiger partial charge in [-0.05, 0) is 60.2 Å². The molecular formula is C31H25FN4O5S. The lowest BCUT2D eigenvalue weighted by Gasteiger charge is -2.21. The summed E-state index contributed by atoms with van der Waals surface area (Å²) in [4.78, 5) is 17.7. The lowest BCUT2D eigenvalue weighted by atomic mass is 9.97. The number of carbonyl (C=O) groups is 1. The molecule has 0 saturated carbocycles. The second kappa shape index (κ2) is 10.0. The fraction of sp³-hybridized carbons (Fsp3) is 0.0968. The van der Waals surface area contributed by atoms with Crippen molar-refractivity contribution in [2.24, 2.45) is 0 Å². The molecule has 212 valence electrons. The summed E-state index contributed by atoms with van der Waals surface area (Å²) in [7, 11) is -0.749. The molecule has 0 radical (unpaired) electrons. The van der Waals surface area contributed by atoms with Gasteiger partial charge >= 0.3 is 0 Å². The van der Waals surface area contributed by atoms with Crippen LogP contribution in [0.25, 0.3) is 56.0 Å². The van der Waals surface area contributed by atoms with Crippen molar-refractivity contribution in [2.45, 2.75) is 0 Å². The SMILES string of the molecule is CNC(=O)c1c(-c2ccc(F)cc2)oc2cc(N(C)S(C)(=O)=O)c(-c3cccc(-c4nc5ccc(N)cc5o4)c3)cc12. The molecule has 0 bridgehead atoms. The Labute approximate surface area is 240 Å². The Balaban J connectivity index is 1.60. The average Bonchev–Trinajstić information content (AvgIpc) is 3.56. The highest BCUT2D eigenvalue weighted by Gasteiger charge is 2.26. The maximum absolute atomic E-state index is 13.7. The molecule has 42 heavy (non-hydrogen) atoms. The summed E-state index contributed by atoms with van der Waals surface area (Å²) in [6, 6.07) is 21.4. The van der Waals surface area contributed by atoms with Crippen LogP contribution < -0.4 is 15.4 Å². The summed E-state index contributed by atoms with van der Waals surface area (Å²) in [6.07, 6.45) is 1.10. The van der Waals surface area contributed by atoms with Gasteiger partial charge in [0.25, 0.3) is 5.91 Å². The van der Waals surface area contributed by atoms with E-state index in [1.165, 1.54) is 38.4 Å². The number of nitrogens with zero attached hydrogens (tertiary/aromatic N) is 2. The van der Waals surface area contributed by atoms with Gasteiger partial charge in [-0.25, -0.2) is 17.8 Å². The topological polar surface area (TPSA) is 132 Å². The number of fused-ring (bicyclic) bond motifs is 2. The first-order valence-electron chi connectivity index (χ1n) is 12.8. The molecule has 6 aromatic rings. The van der Waals surface area contributed by atoms with Gasteiger partial charge in [0.1, 0.15) is 22.7 Å². The minimum Gasteiger partial charge on any atom is -0.455 e. The average molecular weight is 585 g/mol. The van der Waals surface area contributed by atoms with Crippen molar-refractivity contribution in [3.05, 3.63) is 90.2 Å². The normalized spacial score (nSPS) is 11.7. The van der Waals surface area contributed by atoms with E-state index in [2.05, 4.69) is 10.3 Å². The van der Waals surface area contributed by atoms with Crippen LogP contribution in [0.4, 0.5) is 15.8 Å². The van der Waals surface area contributed by atoms with E-state index in [9.17, 15) is 17.6 Å². The Kier molecular flexibility index (Phi) is 6.46. The minimum atomic E-state index is -3.69. The second-order valence-electron chi connectivity index (χ2n) is 9.82. The van der Waals surface area contributed by atoms with Crippen molar-refractivity contribution in [1.29, 1.82) is 0 Å². The molecule has 9 nitrogen and oxygen atoms in total. The molecule has 0 unspecified atom stereocenters. The van der Waals surface area contributed by atoms with Crippen LogP contribution in [0, 0.1) is 5.82 Å². The summed E-state index contributed by atoms with van der Waals surface area (Å²) in [6.45, 7) is 0. The van der Waals surface area contributed by atoms with Crippen molar-refractivity contribution < 1.29 is 26.4 Å². The van der Waals surface area contributed by atoms with Gasteiger partial charge in [-0.15, -0.1) is 0 Å². The van der Waals surface area contributed by atoms with Gasteiger partial charge in [0.05, 0.1) is 17.5 Å². The van der Waals surface area contributed by atoms with Gasteiger partial charge in [-0.3, -0.25) is 9.10 Å². The van der Waals surface area contributed by atoms with Crippen LogP contribution in [0.15, 0.2) is 87.7 Å². The summed E-state index contributed by atoms with van der Waals surface area (Å²) < 4.78 is 52.3. The standard InChI is InChI=1S/C31H25FN4O5S/c1-34-30(37)28-23-15-22(18-5-4-6-19(13-18)31-35-24-12-11-21(33)14-27(24)41-31)25(36(2)42(3,38)39)16-26(23)40-29(28)17-7-9-20(32)10-8-17/h4-16H,33H2,1-3H3,(H,34,37). The molecule has 2 aromatic heterocycles. The lowest BCUT2D eigenvalue weighted by Crippen LogP contribution is -2.25. The third kappa shape index (κ3) is 4.73. The quantitative estimate of drug-likeness (QED) is 0.228. The number of carbonyl (C=O) groups excluding carboxylic acids is 1. The number of amides is 1. The Hall–Kier alpha value is -5.16. The van der Waals surface area contributed by atoms with Gasteiger partial charge in [-0.1, -0.05) is 12.1 Å². The molecule has 0 aliphatic rings. The van der Waals surface area contributed by atoms with E-state index >= 15 is 0 Å². The molecule has 0 fully saturated rings. The van der Waals surface area contributed by atoms with E-state index in [-0.39, 0.29) is 16.9 Å². The first-order chi connectivity index (χ1) is 20.0. The maximum atomic E-state index is 13.7. The largest absolute Gasteiger partial charge is 0.455 e. The third-order valence-electron chi connectivity index (χ3n) is 7.04. The zero-order chi connectivity index (χ0) is 29.8. The number of anilines is 2. The predicted octanol–water partition coefficient (Wildman–Crippen LogP) is 6.05. The first-order valence-corrected chi connectivity index (χ1v) is 14.7. The molecular weight excluding hydrogens is 559 g/mol. The zero-order valence-corrected chi connectivity index (χ0v) is 23.6. The van der Waals surface area contributed by atoms with Gasteiger partial charge in [0, 0.05) is 54.0 Å². The third-order valence-corrected chi connectivity index (χ3v) is 8.23. The van der Waals surface area contributed by atoms with Crippen LogP contribution >= 0.6 is 0 Å². The highest BCUT2D eigenvalue weighted by atomic mass is 32.2. The van der Waals surface area contributed by atoms with E-state index < -0.39 is 21.7 Å². The number of nitrogen functional groups attached to an aromatic ring is 1. The molecule has 0 atom stereocenters. The molecule has 3 N–H and O–H groups in total. The van der Waals surface area contributed by atoms with Crippen molar-refractivity contribution in [1.82, 2.24) is 10.3 Å². The number of rotatable bonds is 6. The number of nitrogens with two attached hydrogens (primary N) is 1. The van der Waals surface area contributed by atoms with Crippen molar-refractivity contribution in [3.63, 3.8) is 0 Å². The Morgan fingerprint density at radius 1 is 0.929 bits per heavy atom. The highest BCUT2D eigenvalue weighted by Crippen LogP contribution is 2.42. The maximum Gasteiger partial charge on any atom is 0.255 e. The summed E-state index contributed by atoms with van der Waals surface area (Å²) in [5.41, 5.74) is 10.8. The predicted molar refractivity (Wildman–Crippen MR) is 161 cm³/mol. The molecule has 11 heteroatoms. The number of hydrogen-bond donors (Lipinski definition) is 2. The summed E-state index contributed by atoms with van der Waals surface area (Å²) in [5.74, 6) is -0.251. The molecule has 0 aliphatic heterocycles. The molecule has 2 heterocycles. The Morgan fingerprint density at radius 3 is 2.38 bits per heavy atom. The Bertz CT molecular complexity index is 2120. The van der Waals surface area contributed by atoms with E-state index in [0.717, 1.165) is 10.6 Å². The van der Waals surface area contributed by atoms with Crippen LogP contribution in [0.5, 0.6) is 0 Å². The van der Waals surface area contributed by atoms with Gasteiger partial charge < -0.3 is 19.9 Å². The van der Waals surface area contributed by atoms with Crippen LogP contribution in [-0.2, 0) is 10.0 Å². The van der Waals surface area contributed by atoms with Crippen LogP contribution in [0.1, 0.15) is 10.4 Å². The number of sulfonamides is 1. The monoisotopic (exact) mass is 584 g/mol. The second-order valence-corrected chi connectivity index (χ2v) is 11.8. The molecule has 0 spiro atoms. The van der Waals surface area contributed by atoms with E-state index in [0.29, 0.717) is 56.0 Å². The Morgan fingerprint density at radius 2 is 1.67 bits per heavy atom. The number of halogens is 1. The number of aromatic nitrogens is 1. The zero-order valence-electron chi connectivity index (χ0n) is 22.8. The van der Waals surface area contributed by atoms with E-state index in [1.54, 1.807) is 36.4 Å². The lowest BCUT2D eigenvalue weighted by molar-refractivity contribution is 0.0964. The van der Waals surface area contributed by atoms with Crippen LogP contribution in [0.2, 0.25) is 0 Å². The molecule has 0 aliphatic carbocycles. The molecule has 4 aromatic carbocycles. The van der Waals surface area contributed by atoms with Crippen molar-refractivity contribution in [3.8, 4) is 33.9 Å². The van der Waals surface area contributed by atoms with Gasteiger partial charge in [-0.2, -0.15) is 0 Å². The number of benzene rings is 4. The summed E-state index contributed by atoms with van der Waals surface area (Å²) in [5, 5.41) is 3.10. The molecule has 0 saturated heterocycles.